The number of allylic oxidation sites excluding steroid dienone is 1. The topological polar surface area (TPSA) is 17.1 Å². The molecule has 0 unspecified atom stereocenters. The van der Waals surface area contributed by atoms with Crippen LogP contribution in [-0.4, -0.2) is 5.78 Å². The van der Waals surface area contributed by atoms with Crippen LogP contribution < -0.4 is 0 Å². The normalized spacial score (nSPS) is 10.5. The van der Waals surface area contributed by atoms with Gasteiger partial charge in [0.15, 0.2) is 5.78 Å². The molecule has 1 aromatic carbocycles. The molecule has 0 aliphatic carbocycles. The lowest BCUT2D eigenvalue weighted by molar-refractivity contribution is -0.110. The second-order valence-electron chi connectivity index (χ2n) is 2.29. The molecule has 0 saturated carbocycles. The van der Waals surface area contributed by atoms with Crippen molar-refractivity contribution in [1.29, 1.82) is 0 Å². The summed E-state index contributed by atoms with van der Waals surface area (Å²) in [5.41, 5.74) is 0.956. The summed E-state index contributed by atoms with van der Waals surface area (Å²) >= 11 is 3.31. The largest absolute Gasteiger partial charge is 0.294 e. The maximum atomic E-state index is 10.4. The first-order chi connectivity index (χ1) is 5.68. The molecule has 0 aromatic heterocycles. The van der Waals surface area contributed by atoms with E-state index in [0.717, 1.165) is 10.0 Å². The van der Waals surface area contributed by atoms with Crippen molar-refractivity contribution in [2.75, 3.05) is 0 Å². The number of ketones is 1. The molecule has 0 amide bonds. The Morgan fingerprint density at radius 2 is 1.92 bits per heavy atom. The molecule has 0 N–H and O–H groups in total. The standard InChI is InChI=1S/C10H7BrO/c1-8(12)2-3-9-4-6-10(11)7-5-9/h1-7H/b3-2+. The van der Waals surface area contributed by atoms with Crippen LogP contribution in [0.25, 0.3) is 6.08 Å². The summed E-state index contributed by atoms with van der Waals surface area (Å²) in [5.74, 6) is -0.432. The average molecular weight is 223 g/mol. The van der Waals surface area contributed by atoms with E-state index in [1.165, 1.54) is 6.08 Å². The van der Waals surface area contributed by atoms with Gasteiger partial charge in [0.2, 0.25) is 0 Å². The van der Waals surface area contributed by atoms with E-state index in [-0.39, 0.29) is 0 Å². The molecule has 60 valence electrons. The zero-order valence-electron chi connectivity index (χ0n) is 6.33. The second-order valence-corrected chi connectivity index (χ2v) is 3.20. The summed E-state index contributed by atoms with van der Waals surface area (Å²) in [7, 11) is 0. The van der Waals surface area contributed by atoms with Crippen molar-refractivity contribution in [3.8, 4) is 0 Å². The van der Waals surface area contributed by atoms with E-state index in [2.05, 4.69) is 15.9 Å². The summed E-state index contributed by atoms with van der Waals surface area (Å²) in [6.45, 7) is 4.94. The van der Waals surface area contributed by atoms with Crippen LogP contribution in [0.3, 0.4) is 0 Å². The van der Waals surface area contributed by atoms with E-state index < -0.39 is 5.78 Å². The predicted octanol–water partition coefficient (Wildman–Crippen LogP) is 2.74. The molecule has 0 aliphatic rings. The van der Waals surface area contributed by atoms with Crippen molar-refractivity contribution in [3.63, 3.8) is 0 Å². The smallest absolute Gasteiger partial charge is 0.160 e. The zero-order valence-corrected chi connectivity index (χ0v) is 7.91. The minimum absolute atomic E-state index is 0.432. The summed E-state index contributed by atoms with van der Waals surface area (Å²) < 4.78 is 1.01. The van der Waals surface area contributed by atoms with Crippen molar-refractivity contribution in [2.45, 2.75) is 0 Å². The number of carbonyl (C=O) groups excluding carboxylic acids is 1. The van der Waals surface area contributed by atoms with Gasteiger partial charge in [-0.15, -0.1) is 0 Å². The van der Waals surface area contributed by atoms with E-state index in [9.17, 15) is 4.79 Å². The summed E-state index contributed by atoms with van der Waals surface area (Å²) in [5, 5.41) is 0. The van der Waals surface area contributed by atoms with Gasteiger partial charge in [-0.2, -0.15) is 0 Å². The third-order valence-corrected chi connectivity index (χ3v) is 1.84. The van der Waals surface area contributed by atoms with Crippen molar-refractivity contribution < 1.29 is 4.79 Å². The SMILES string of the molecule is [CH]C(=O)/C=C/c1ccc(Br)cc1. The molecule has 0 fully saturated rings. The maximum Gasteiger partial charge on any atom is 0.160 e. The quantitative estimate of drug-likeness (QED) is 0.704. The minimum atomic E-state index is -0.432. The molecular weight excluding hydrogens is 216 g/mol. The van der Waals surface area contributed by atoms with Gasteiger partial charge in [-0.3, -0.25) is 4.79 Å². The van der Waals surface area contributed by atoms with Gasteiger partial charge in [0.1, 0.15) is 0 Å². The fourth-order valence-corrected chi connectivity index (χ4v) is 1.02. The van der Waals surface area contributed by atoms with Gasteiger partial charge in [0.05, 0.1) is 0 Å². The van der Waals surface area contributed by atoms with E-state index in [4.69, 9.17) is 6.92 Å². The van der Waals surface area contributed by atoms with Gasteiger partial charge in [-0.25, -0.2) is 0 Å². The molecule has 0 heterocycles. The molecular formula is C10H7BrO. The van der Waals surface area contributed by atoms with Crippen LogP contribution in [0.2, 0.25) is 0 Å². The lowest BCUT2D eigenvalue weighted by Gasteiger charge is -1.91. The number of hydrogen-bond donors (Lipinski definition) is 0. The van der Waals surface area contributed by atoms with Crippen molar-refractivity contribution in [2.24, 2.45) is 0 Å². The average Bonchev–Trinajstić information content (AvgIpc) is 2.03. The number of benzene rings is 1. The Labute approximate surface area is 80.2 Å². The zero-order chi connectivity index (χ0) is 8.97. The van der Waals surface area contributed by atoms with Crippen LogP contribution >= 0.6 is 15.9 Å². The van der Waals surface area contributed by atoms with Gasteiger partial charge >= 0.3 is 0 Å². The Morgan fingerprint density at radius 1 is 1.33 bits per heavy atom. The van der Waals surface area contributed by atoms with Crippen LogP contribution in [0.5, 0.6) is 0 Å². The molecule has 2 heteroatoms. The number of hydrogen-bond acceptors (Lipinski definition) is 1. The Morgan fingerprint density at radius 3 is 2.42 bits per heavy atom. The highest BCUT2D eigenvalue weighted by Gasteiger charge is 1.87. The number of carbonyl (C=O) groups is 1. The first-order valence-corrected chi connectivity index (χ1v) is 4.21. The lowest BCUT2D eigenvalue weighted by atomic mass is 10.2. The lowest BCUT2D eigenvalue weighted by Crippen LogP contribution is -1.80. The van der Waals surface area contributed by atoms with E-state index in [0.29, 0.717) is 0 Å². The van der Waals surface area contributed by atoms with Gasteiger partial charge in [-0.05, 0) is 23.8 Å². The van der Waals surface area contributed by atoms with Crippen molar-refractivity contribution in [3.05, 3.63) is 47.3 Å². The van der Waals surface area contributed by atoms with Crippen LogP contribution in [0.4, 0.5) is 0 Å². The third-order valence-electron chi connectivity index (χ3n) is 1.31. The molecule has 0 spiro atoms. The molecule has 0 bridgehead atoms. The Bertz CT molecular complexity index is 298. The van der Waals surface area contributed by atoms with Crippen LogP contribution in [0.1, 0.15) is 5.56 Å². The summed E-state index contributed by atoms with van der Waals surface area (Å²) in [4.78, 5) is 10.4. The molecule has 12 heavy (non-hydrogen) atoms. The molecule has 2 radical (unpaired) electrons. The molecule has 1 nitrogen and oxygen atoms in total. The monoisotopic (exact) mass is 222 g/mol. The first kappa shape index (κ1) is 9.20. The molecule has 0 atom stereocenters. The summed E-state index contributed by atoms with van der Waals surface area (Å²) in [6.07, 6.45) is 3.01. The van der Waals surface area contributed by atoms with E-state index in [1.54, 1.807) is 6.08 Å². The fourth-order valence-electron chi connectivity index (χ4n) is 0.752. The highest BCUT2D eigenvalue weighted by atomic mass is 79.9. The molecule has 0 saturated heterocycles. The Kier molecular flexibility index (Phi) is 3.23. The molecule has 1 rings (SSSR count). The Hall–Kier alpha value is -0.890. The van der Waals surface area contributed by atoms with E-state index in [1.807, 2.05) is 24.3 Å². The van der Waals surface area contributed by atoms with Gasteiger partial charge < -0.3 is 0 Å². The third kappa shape index (κ3) is 3.01. The maximum absolute atomic E-state index is 10.4. The fraction of sp³-hybridized carbons (Fsp3) is 0. The van der Waals surface area contributed by atoms with Gasteiger partial charge in [-0.1, -0.05) is 34.1 Å². The number of halogens is 1. The molecule has 1 aromatic rings. The van der Waals surface area contributed by atoms with Crippen LogP contribution in [0.15, 0.2) is 34.8 Å². The van der Waals surface area contributed by atoms with E-state index >= 15 is 0 Å². The summed E-state index contributed by atoms with van der Waals surface area (Å²) in [6, 6.07) is 7.59. The highest BCUT2D eigenvalue weighted by molar-refractivity contribution is 9.10. The predicted molar refractivity (Wildman–Crippen MR) is 52.5 cm³/mol. The van der Waals surface area contributed by atoms with Crippen LogP contribution in [0, 0.1) is 6.92 Å². The Balaban J connectivity index is 2.77. The van der Waals surface area contributed by atoms with Gasteiger partial charge in [0.25, 0.3) is 0 Å². The molecule has 0 aliphatic heterocycles. The highest BCUT2D eigenvalue weighted by Crippen LogP contribution is 2.11. The minimum Gasteiger partial charge on any atom is -0.294 e. The van der Waals surface area contributed by atoms with Crippen molar-refractivity contribution in [1.82, 2.24) is 0 Å². The number of rotatable bonds is 2. The van der Waals surface area contributed by atoms with Crippen molar-refractivity contribution >= 4 is 27.8 Å². The first-order valence-electron chi connectivity index (χ1n) is 3.41. The van der Waals surface area contributed by atoms with Crippen LogP contribution in [-0.2, 0) is 4.79 Å². The second kappa shape index (κ2) is 4.21. The van der Waals surface area contributed by atoms with Gasteiger partial charge in [0, 0.05) is 11.4 Å².